The number of amides is 2. The predicted molar refractivity (Wildman–Crippen MR) is 109 cm³/mol. The Bertz CT molecular complexity index is 685. The Labute approximate surface area is 178 Å². The number of hydrogen-bond donors (Lipinski definition) is 2. The maximum atomic E-state index is 13.6. The summed E-state index contributed by atoms with van der Waals surface area (Å²) in [4.78, 5) is 41.4. The molecule has 3 fully saturated rings. The number of unbranched alkanes of at least 4 members (excludes halogenated alkanes) is 2. The van der Waals surface area contributed by atoms with Crippen molar-refractivity contribution in [1.82, 2.24) is 10.2 Å². The lowest BCUT2D eigenvalue weighted by Gasteiger charge is -2.35. The van der Waals surface area contributed by atoms with E-state index in [1.54, 1.807) is 11.8 Å². The minimum absolute atomic E-state index is 0.0132. The van der Waals surface area contributed by atoms with Gasteiger partial charge in [0, 0.05) is 19.7 Å². The van der Waals surface area contributed by atoms with Crippen molar-refractivity contribution in [1.29, 1.82) is 0 Å². The van der Waals surface area contributed by atoms with Gasteiger partial charge in [-0.3, -0.25) is 14.4 Å². The Hall–Kier alpha value is -1.67. The van der Waals surface area contributed by atoms with E-state index < -0.39 is 35.0 Å². The monoisotopic (exact) mass is 424 g/mol. The van der Waals surface area contributed by atoms with Crippen molar-refractivity contribution < 1.29 is 29.0 Å². The summed E-state index contributed by atoms with van der Waals surface area (Å²) in [6.07, 6.45) is 3.49. The molecule has 3 rings (SSSR count). The predicted octanol–water partition coefficient (Wildman–Crippen LogP) is 1.25. The number of carbonyl (C=O) groups is 3. The van der Waals surface area contributed by atoms with Crippen molar-refractivity contribution in [3.63, 3.8) is 0 Å². The van der Waals surface area contributed by atoms with Crippen LogP contribution in [0.15, 0.2) is 0 Å². The largest absolute Gasteiger partial charge is 0.466 e. The summed E-state index contributed by atoms with van der Waals surface area (Å²) in [6, 6.07) is -0.769. The first-order valence-corrected chi connectivity index (χ1v) is 11.3. The molecule has 30 heavy (non-hydrogen) atoms. The summed E-state index contributed by atoms with van der Waals surface area (Å²) in [7, 11) is 0. The summed E-state index contributed by atoms with van der Waals surface area (Å²) >= 11 is 0. The smallest absolute Gasteiger partial charge is 0.312 e. The molecule has 2 bridgehead atoms. The molecule has 1 spiro atoms. The number of carbonyl (C=O) groups excluding carboxylic acids is 3. The zero-order valence-corrected chi connectivity index (χ0v) is 18.6. The van der Waals surface area contributed by atoms with E-state index in [0.717, 1.165) is 12.8 Å². The number of aliphatic hydroxyl groups is 1. The third kappa shape index (κ3) is 3.42. The molecule has 0 aromatic carbocycles. The molecule has 0 aliphatic carbocycles. The molecular weight excluding hydrogens is 388 g/mol. The summed E-state index contributed by atoms with van der Waals surface area (Å²) in [5.41, 5.74) is -1.84. The maximum absolute atomic E-state index is 13.6. The highest BCUT2D eigenvalue weighted by atomic mass is 16.6. The number of ether oxygens (including phenoxy) is 2. The zero-order chi connectivity index (χ0) is 22.1. The summed E-state index contributed by atoms with van der Waals surface area (Å²) in [5.74, 6) is -2.27. The molecular formula is C22H36N2O6. The number of rotatable bonds is 10. The van der Waals surface area contributed by atoms with Crippen molar-refractivity contribution in [2.75, 3.05) is 26.3 Å². The van der Waals surface area contributed by atoms with E-state index >= 15 is 0 Å². The van der Waals surface area contributed by atoms with Gasteiger partial charge in [-0.2, -0.15) is 0 Å². The minimum Gasteiger partial charge on any atom is -0.466 e. The van der Waals surface area contributed by atoms with E-state index in [-0.39, 0.29) is 30.9 Å². The fourth-order valence-corrected chi connectivity index (χ4v) is 5.75. The van der Waals surface area contributed by atoms with Crippen molar-refractivity contribution in [3.8, 4) is 0 Å². The van der Waals surface area contributed by atoms with E-state index in [1.165, 1.54) is 0 Å². The van der Waals surface area contributed by atoms with Crippen LogP contribution in [0, 0.1) is 17.8 Å². The van der Waals surface area contributed by atoms with E-state index in [2.05, 4.69) is 12.2 Å². The lowest BCUT2D eigenvalue weighted by molar-refractivity contribution is -0.161. The molecule has 8 heteroatoms. The summed E-state index contributed by atoms with van der Waals surface area (Å²) < 4.78 is 11.9. The number of nitrogens with one attached hydrogen (secondary N) is 1. The van der Waals surface area contributed by atoms with Crippen LogP contribution in [0.4, 0.5) is 0 Å². The fraction of sp³-hybridized carbons (Fsp3) is 0.864. The molecule has 3 saturated heterocycles. The van der Waals surface area contributed by atoms with Gasteiger partial charge in [0.2, 0.25) is 11.8 Å². The highest BCUT2D eigenvalue weighted by Crippen LogP contribution is 2.65. The second kappa shape index (κ2) is 8.83. The first-order valence-electron chi connectivity index (χ1n) is 11.3. The molecule has 0 aromatic heterocycles. The number of nitrogens with zero attached hydrogens (tertiary/aromatic N) is 1. The van der Waals surface area contributed by atoms with Crippen LogP contribution in [0.1, 0.15) is 59.8 Å². The number of fused-ring (bicyclic) bond motifs is 1. The Morgan fingerprint density at radius 3 is 2.67 bits per heavy atom. The van der Waals surface area contributed by atoms with Gasteiger partial charge in [-0.1, -0.05) is 20.3 Å². The van der Waals surface area contributed by atoms with Gasteiger partial charge in [0.25, 0.3) is 0 Å². The molecule has 8 nitrogen and oxygen atoms in total. The molecule has 2 N–H and O–H groups in total. The highest BCUT2D eigenvalue weighted by Gasteiger charge is 2.80. The molecule has 3 unspecified atom stereocenters. The van der Waals surface area contributed by atoms with Gasteiger partial charge < -0.3 is 24.8 Å². The van der Waals surface area contributed by atoms with Crippen molar-refractivity contribution in [2.24, 2.45) is 17.8 Å². The Morgan fingerprint density at radius 2 is 2.03 bits per heavy atom. The molecule has 3 heterocycles. The fourth-order valence-electron chi connectivity index (χ4n) is 5.75. The van der Waals surface area contributed by atoms with Crippen LogP contribution in [-0.2, 0) is 23.9 Å². The normalized spacial score (nSPS) is 36.8. The standard InChI is InChI=1S/C22H36N2O6/c1-5-7-10-23-18(26)17-22-13-14(3)21(4,30-22)16(20(28)29-6-2)15(22)19(27)24(17)11-8-9-12-25/h14-17,25H,5-13H2,1-4H3,(H,23,26)/t14?,15-,16+,17?,21-,22?/m0/s1. The van der Waals surface area contributed by atoms with Crippen LogP contribution in [0.2, 0.25) is 0 Å². The van der Waals surface area contributed by atoms with Gasteiger partial charge in [-0.05, 0) is 45.4 Å². The van der Waals surface area contributed by atoms with E-state index in [1.807, 2.05) is 13.8 Å². The van der Waals surface area contributed by atoms with Crippen LogP contribution >= 0.6 is 0 Å². The van der Waals surface area contributed by atoms with Gasteiger partial charge in [0.1, 0.15) is 17.6 Å². The van der Waals surface area contributed by atoms with Crippen LogP contribution < -0.4 is 5.32 Å². The number of aliphatic hydroxyl groups excluding tert-OH is 1. The highest BCUT2D eigenvalue weighted by molar-refractivity contribution is 5.98. The van der Waals surface area contributed by atoms with E-state index in [0.29, 0.717) is 32.4 Å². The Kier molecular flexibility index (Phi) is 6.77. The van der Waals surface area contributed by atoms with E-state index in [9.17, 15) is 14.4 Å². The Morgan fingerprint density at radius 1 is 1.30 bits per heavy atom. The molecule has 170 valence electrons. The van der Waals surface area contributed by atoms with Crippen LogP contribution in [0.25, 0.3) is 0 Å². The van der Waals surface area contributed by atoms with Gasteiger partial charge in [-0.25, -0.2) is 0 Å². The Balaban J connectivity index is 1.98. The van der Waals surface area contributed by atoms with Crippen molar-refractivity contribution in [2.45, 2.75) is 77.0 Å². The van der Waals surface area contributed by atoms with Gasteiger partial charge >= 0.3 is 5.97 Å². The van der Waals surface area contributed by atoms with Gasteiger partial charge in [0.15, 0.2) is 0 Å². The second-order valence-corrected chi connectivity index (χ2v) is 9.06. The first kappa shape index (κ1) is 23.0. The average molecular weight is 425 g/mol. The average Bonchev–Trinajstić information content (AvgIpc) is 3.20. The third-order valence-corrected chi connectivity index (χ3v) is 7.24. The lowest BCUT2D eigenvalue weighted by atomic mass is 9.62. The van der Waals surface area contributed by atoms with E-state index in [4.69, 9.17) is 14.6 Å². The number of hydrogen-bond acceptors (Lipinski definition) is 6. The van der Waals surface area contributed by atoms with Crippen molar-refractivity contribution >= 4 is 17.8 Å². The SMILES string of the molecule is CCCCNC(=O)C1N(CCCCO)C(=O)[C@@H]2[C@H](C(=O)OCC)[C@@]3(C)OC12CC3C. The molecule has 3 aliphatic heterocycles. The van der Waals surface area contributed by atoms with Gasteiger partial charge in [-0.15, -0.1) is 0 Å². The van der Waals surface area contributed by atoms with Gasteiger partial charge in [0.05, 0.1) is 18.1 Å². The molecule has 0 aromatic rings. The van der Waals surface area contributed by atoms with Crippen LogP contribution in [0.3, 0.4) is 0 Å². The number of esters is 1. The molecule has 0 radical (unpaired) electrons. The third-order valence-electron chi connectivity index (χ3n) is 7.24. The van der Waals surface area contributed by atoms with Crippen molar-refractivity contribution in [3.05, 3.63) is 0 Å². The zero-order valence-electron chi connectivity index (χ0n) is 18.6. The minimum atomic E-state index is -1.02. The molecule has 0 saturated carbocycles. The summed E-state index contributed by atoms with van der Waals surface area (Å²) in [6.45, 7) is 8.84. The lowest BCUT2D eigenvalue weighted by Crippen LogP contribution is -2.55. The second-order valence-electron chi connectivity index (χ2n) is 9.06. The maximum Gasteiger partial charge on any atom is 0.312 e. The van der Waals surface area contributed by atoms with Crippen LogP contribution in [0.5, 0.6) is 0 Å². The number of likely N-dealkylation sites (tertiary alicyclic amines) is 1. The summed E-state index contributed by atoms with van der Waals surface area (Å²) in [5, 5.41) is 12.1. The quantitative estimate of drug-likeness (QED) is 0.404. The molecule has 6 atom stereocenters. The van der Waals surface area contributed by atoms with Crippen LogP contribution in [-0.4, -0.2) is 71.3 Å². The molecule has 2 amide bonds. The first-order chi connectivity index (χ1) is 14.3. The molecule has 3 aliphatic rings. The topological polar surface area (TPSA) is 105 Å².